The Bertz CT molecular complexity index is 266. The fourth-order valence-corrected chi connectivity index (χ4v) is 1.91. The molecular weight excluding hydrogens is 196 g/mol. The van der Waals surface area contributed by atoms with Crippen molar-refractivity contribution in [3.05, 3.63) is 17.0 Å². The molecule has 0 aliphatic rings. The Hall–Kier alpha value is -0.480. The Morgan fingerprint density at radius 1 is 1.50 bits per heavy atom. The van der Waals surface area contributed by atoms with E-state index in [0.717, 1.165) is 23.8 Å². The summed E-state index contributed by atoms with van der Waals surface area (Å²) in [6.07, 6.45) is 2.11. The van der Waals surface area contributed by atoms with Crippen LogP contribution in [0.25, 0.3) is 0 Å². The first-order valence-electron chi connectivity index (χ1n) is 4.82. The Kier molecular flexibility index (Phi) is 4.48. The van der Waals surface area contributed by atoms with E-state index in [1.165, 1.54) is 5.56 Å². The molecule has 0 fully saturated rings. The topological polar surface area (TPSA) is 38.1 Å². The molecule has 0 saturated carbocycles. The number of hydrogen-bond acceptors (Lipinski definition) is 4. The number of hydrogen-bond donors (Lipinski definition) is 1. The Morgan fingerprint density at radius 3 is 2.71 bits per heavy atom. The molecule has 1 rings (SSSR count). The highest BCUT2D eigenvalue weighted by Crippen LogP contribution is 2.20. The lowest BCUT2D eigenvalue weighted by Crippen LogP contribution is -2.22. The fraction of sp³-hybridized carbons (Fsp3) is 0.700. The molecule has 1 atom stereocenters. The Labute approximate surface area is 89.6 Å². The molecule has 1 aromatic rings. The van der Waals surface area contributed by atoms with Gasteiger partial charge in [-0.25, -0.2) is 0 Å². The van der Waals surface area contributed by atoms with Crippen LogP contribution >= 0.6 is 11.8 Å². The molecule has 1 N–H and O–H groups in total. The molecule has 0 aromatic carbocycles. The van der Waals surface area contributed by atoms with Crippen LogP contribution in [0.1, 0.15) is 30.0 Å². The predicted octanol–water partition coefficient (Wildman–Crippen LogP) is 2.31. The van der Waals surface area contributed by atoms with Crippen molar-refractivity contribution in [2.24, 2.45) is 0 Å². The van der Waals surface area contributed by atoms with Gasteiger partial charge in [0.05, 0.1) is 5.69 Å². The van der Waals surface area contributed by atoms with E-state index >= 15 is 0 Å². The van der Waals surface area contributed by atoms with Crippen LogP contribution < -0.4 is 5.32 Å². The molecule has 3 nitrogen and oxygen atoms in total. The third kappa shape index (κ3) is 2.75. The van der Waals surface area contributed by atoms with Crippen LogP contribution in [0.3, 0.4) is 0 Å². The first kappa shape index (κ1) is 11.6. The predicted molar refractivity (Wildman–Crippen MR) is 60.8 cm³/mol. The van der Waals surface area contributed by atoms with Crippen LogP contribution in [-0.2, 0) is 0 Å². The normalized spacial score (nSPS) is 13.1. The summed E-state index contributed by atoms with van der Waals surface area (Å²) in [5.41, 5.74) is 2.19. The van der Waals surface area contributed by atoms with Gasteiger partial charge in [-0.15, -0.1) is 0 Å². The molecule has 1 unspecified atom stereocenters. The van der Waals surface area contributed by atoms with Crippen molar-refractivity contribution in [2.45, 2.75) is 26.8 Å². The lowest BCUT2D eigenvalue weighted by atomic mass is 10.1. The summed E-state index contributed by atoms with van der Waals surface area (Å²) in [7, 11) is 0. The first-order chi connectivity index (χ1) is 6.66. The van der Waals surface area contributed by atoms with Crippen LogP contribution in [0, 0.1) is 13.8 Å². The van der Waals surface area contributed by atoms with E-state index in [1.54, 1.807) is 0 Å². The van der Waals surface area contributed by atoms with Crippen molar-refractivity contribution in [3.8, 4) is 0 Å². The SMILES string of the molecule is CSCCNC(C)c1c(C)noc1C. The molecule has 80 valence electrons. The number of rotatable bonds is 5. The second-order valence-electron chi connectivity index (χ2n) is 3.41. The summed E-state index contributed by atoms with van der Waals surface area (Å²) in [6.45, 7) is 7.11. The molecule has 0 spiro atoms. The highest BCUT2D eigenvalue weighted by molar-refractivity contribution is 7.98. The summed E-state index contributed by atoms with van der Waals surface area (Å²) in [5.74, 6) is 2.06. The molecule has 0 amide bonds. The zero-order chi connectivity index (χ0) is 10.6. The molecule has 4 heteroatoms. The van der Waals surface area contributed by atoms with E-state index in [4.69, 9.17) is 4.52 Å². The third-order valence-corrected chi connectivity index (χ3v) is 2.89. The van der Waals surface area contributed by atoms with Gasteiger partial charge in [0.25, 0.3) is 0 Å². The lowest BCUT2D eigenvalue weighted by molar-refractivity contribution is 0.390. The quantitative estimate of drug-likeness (QED) is 0.763. The standard InChI is InChI=1S/C10H18N2OS/c1-7(11-5-6-14-4)10-8(2)12-13-9(10)3/h7,11H,5-6H2,1-4H3. The molecule has 1 aromatic heterocycles. The molecule has 0 aliphatic carbocycles. The highest BCUT2D eigenvalue weighted by Gasteiger charge is 2.15. The van der Waals surface area contributed by atoms with Crippen molar-refractivity contribution in [1.82, 2.24) is 10.5 Å². The molecule has 0 radical (unpaired) electrons. The Morgan fingerprint density at radius 2 is 2.21 bits per heavy atom. The molecule has 14 heavy (non-hydrogen) atoms. The van der Waals surface area contributed by atoms with Crippen molar-refractivity contribution in [3.63, 3.8) is 0 Å². The van der Waals surface area contributed by atoms with E-state index in [0.29, 0.717) is 6.04 Å². The smallest absolute Gasteiger partial charge is 0.138 e. The van der Waals surface area contributed by atoms with Crippen LogP contribution in [0.4, 0.5) is 0 Å². The summed E-state index contributed by atoms with van der Waals surface area (Å²) in [4.78, 5) is 0. The summed E-state index contributed by atoms with van der Waals surface area (Å²) in [5, 5.41) is 7.39. The maximum absolute atomic E-state index is 5.13. The first-order valence-corrected chi connectivity index (χ1v) is 6.21. The number of nitrogens with zero attached hydrogens (tertiary/aromatic N) is 1. The van der Waals surface area contributed by atoms with Gasteiger partial charge in [-0.05, 0) is 27.0 Å². The third-order valence-electron chi connectivity index (χ3n) is 2.28. The van der Waals surface area contributed by atoms with Gasteiger partial charge in [0.15, 0.2) is 0 Å². The minimum absolute atomic E-state index is 0.327. The van der Waals surface area contributed by atoms with Gasteiger partial charge in [0.1, 0.15) is 5.76 Å². The van der Waals surface area contributed by atoms with Crippen molar-refractivity contribution >= 4 is 11.8 Å². The summed E-state index contributed by atoms with van der Waals surface area (Å²) >= 11 is 1.85. The average Bonchev–Trinajstić information content (AvgIpc) is 2.46. The summed E-state index contributed by atoms with van der Waals surface area (Å²) < 4.78 is 5.13. The van der Waals surface area contributed by atoms with Gasteiger partial charge in [-0.2, -0.15) is 11.8 Å². The molecule has 0 aliphatic heterocycles. The van der Waals surface area contributed by atoms with E-state index in [1.807, 2.05) is 25.6 Å². The zero-order valence-electron chi connectivity index (χ0n) is 9.26. The van der Waals surface area contributed by atoms with Crippen LogP contribution in [0.15, 0.2) is 4.52 Å². The maximum atomic E-state index is 5.13. The number of nitrogens with one attached hydrogen (secondary N) is 1. The lowest BCUT2D eigenvalue weighted by Gasteiger charge is -2.12. The molecule has 1 heterocycles. The minimum Gasteiger partial charge on any atom is -0.361 e. The van der Waals surface area contributed by atoms with Gasteiger partial charge in [0, 0.05) is 23.9 Å². The van der Waals surface area contributed by atoms with Gasteiger partial charge in [0.2, 0.25) is 0 Å². The average molecular weight is 214 g/mol. The zero-order valence-corrected chi connectivity index (χ0v) is 10.1. The van der Waals surface area contributed by atoms with Crippen molar-refractivity contribution in [1.29, 1.82) is 0 Å². The minimum atomic E-state index is 0.327. The van der Waals surface area contributed by atoms with Gasteiger partial charge >= 0.3 is 0 Å². The number of aromatic nitrogens is 1. The monoisotopic (exact) mass is 214 g/mol. The van der Waals surface area contributed by atoms with E-state index in [2.05, 4.69) is 23.7 Å². The molecule has 0 bridgehead atoms. The molecular formula is C10H18N2OS. The second kappa shape index (κ2) is 5.41. The van der Waals surface area contributed by atoms with Crippen LogP contribution in [-0.4, -0.2) is 23.7 Å². The Balaban J connectivity index is 2.55. The maximum Gasteiger partial charge on any atom is 0.138 e. The van der Waals surface area contributed by atoms with Crippen LogP contribution in [0.5, 0.6) is 0 Å². The largest absolute Gasteiger partial charge is 0.361 e. The number of thioether (sulfide) groups is 1. The van der Waals surface area contributed by atoms with Crippen molar-refractivity contribution in [2.75, 3.05) is 18.6 Å². The fourth-order valence-electron chi connectivity index (χ4n) is 1.59. The van der Waals surface area contributed by atoms with Crippen molar-refractivity contribution < 1.29 is 4.52 Å². The van der Waals surface area contributed by atoms with Gasteiger partial charge in [-0.3, -0.25) is 0 Å². The van der Waals surface area contributed by atoms with Crippen LogP contribution in [0.2, 0.25) is 0 Å². The highest BCUT2D eigenvalue weighted by atomic mass is 32.2. The van der Waals surface area contributed by atoms with E-state index in [9.17, 15) is 0 Å². The van der Waals surface area contributed by atoms with Gasteiger partial charge < -0.3 is 9.84 Å². The second-order valence-corrected chi connectivity index (χ2v) is 4.39. The van der Waals surface area contributed by atoms with Gasteiger partial charge in [-0.1, -0.05) is 5.16 Å². The van der Waals surface area contributed by atoms with E-state index in [-0.39, 0.29) is 0 Å². The molecule has 0 saturated heterocycles. The van der Waals surface area contributed by atoms with E-state index < -0.39 is 0 Å². The summed E-state index contributed by atoms with van der Waals surface area (Å²) in [6, 6.07) is 0.327. The number of aryl methyl sites for hydroxylation is 2.